The fraction of sp³-hybridized carbons (Fsp3) is 0.400. The predicted octanol–water partition coefficient (Wildman–Crippen LogP) is 4.23. The number of hydrogen-bond acceptors (Lipinski definition) is 4. The largest absolute Gasteiger partial charge is 0.493 e. The van der Waals surface area contributed by atoms with Gasteiger partial charge in [-0.25, -0.2) is 0 Å². The third-order valence-corrected chi connectivity index (χ3v) is 5.17. The molecule has 4 nitrogen and oxygen atoms in total. The first-order valence-electron chi connectivity index (χ1n) is 8.52. The van der Waals surface area contributed by atoms with E-state index in [9.17, 15) is 5.11 Å². The summed E-state index contributed by atoms with van der Waals surface area (Å²) in [5.74, 6) is 1.46. The Morgan fingerprint density at radius 2 is 1.92 bits per heavy atom. The van der Waals surface area contributed by atoms with E-state index in [1.165, 1.54) is 5.56 Å². The maximum atomic E-state index is 10.6. The van der Waals surface area contributed by atoms with Crippen LogP contribution in [-0.2, 0) is 0 Å². The minimum absolute atomic E-state index is 0.261. The van der Waals surface area contributed by atoms with Gasteiger partial charge >= 0.3 is 0 Å². The summed E-state index contributed by atoms with van der Waals surface area (Å²) in [4.78, 5) is 2.31. The van der Waals surface area contributed by atoms with Gasteiger partial charge in [0.2, 0.25) is 0 Å². The predicted molar refractivity (Wildman–Crippen MR) is 99.5 cm³/mol. The second-order valence-corrected chi connectivity index (χ2v) is 6.71. The van der Waals surface area contributed by atoms with Gasteiger partial charge in [0.05, 0.1) is 20.3 Å². The van der Waals surface area contributed by atoms with Crippen LogP contribution in [0.25, 0.3) is 0 Å². The minimum atomic E-state index is -0.602. The number of rotatable bonds is 6. The number of aliphatic hydroxyl groups excluding tert-OH is 1. The number of ether oxygens (including phenoxy) is 2. The van der Waals surface area contributed by atoms with Crippen LogP contribution in [0.15, 0.2) is 42.5 Å². The van der Waals surface area contributed by atoms with Crippen molar-refractivity contribution in [3.8, 4) is 11.5 Å². The van der Waals surface area contributed by atoms with Gasteiger partial charge < -0.3 is 14.6 Å². The molecule has 1 heterocycles. The van der Waals surface area contributed by atoms with E-state index in [4.69, 9.17) is 21.1 Å². The van der Waals surface area contributed by atoms with Crippen LogP contribution in [0.1, 0.15) is 36.1 Å². The lowest BCUT2D eigenvalue weighted by Gasteiger charge is -2.28. The molecule has 0 spiro atoms. The molecule has 1 aliphatic heterocycles. The maximum Gasteiger partial charge on any atom is 0.161 e. The number of methoxy groups -OCH3 is 2. The van der Waals surface area contributed by atoms with Gasteiger partial charge in [0.25, 0.3) is 0 Å². The van der Waals surface area contributed by atoms with E-state index in [-0.39, 0.29) is 6.04 Å². The molecule has 0 saturated carbocycles. The lowest BCUT2D eigenvalue weighted by Crippen LogP contribution is -2.28. The normalized spacial score (nSPS) is 19.0. The molecule has 0 amide bonds. The number of halogens is 1. The summed E-state index contributed by atoms with van der Waals surface area (Å²) < 4.78 is 10.8. The van der Waals surface area contributed by atoms with Crippen molar-refractivity contribution in [1.29, 1.82) is 0 Å². The molecule has 3 rings (SSSR count). The van der Waals surface area contributed by atoms with Crippen molar-refractivity contribution in [2.45, 2.75) is 25.0 Å². The van der Waals surface area contributed by atoms with E-state index in [1.807, 2.05) is 36.4 Å². The standard InChI is InChI=1S/C20H24ClNO3/c1-24-19-10-9-14(12-20(19)25-2)17-8-5-11-22(17)13-18(23)15-6-3-4-7-16(15)21/h3-4,6-7,9-10,12,17-18,23H,5,8,11,13H2,1-2H3/t17-,18-/m1/s1. The monoisotopic (exact) mass is 361 g/mol. The average molecular weight is 362 g/mol. The van der Waals surface area contributed by atoms with Gasteiger partial charge in [-0.1, -0.05) is 35.9 Å². The van der Waals surface area contributed by atoms with Crippen LogP contribution >= 0.6 is 11.6 Å². The molecular weight excluding hydrogens is 338 g/mol. The second-order valence-electron chi connectivity index (χ2n) is 6.30. The second kappa shape index (κ2) is 8.09. The quantitative estimate of drug-likeness (QED) is 0.836. The number of likely N-dealkylation sites (tertiary alicyclic amines) is 1. The lowest BCUT2D eigenvalue weighted by atomic mass is 10.0. The molecule has 25 heavy (non-hydrogen) atoms. The minimum Gasteiger partial charge on any atom is -0.493 e. The molecule has 1 aliphatic rings. The zero-order valence-corrected chi connectivity index (χ0v) is 15.4. The molecule has 2 aromatic carbocycles. The third-order valence-electron chi connectivity index (χ3n) is 4.83. The van der Waals surface area contributed by atoms with E-state index in [2.05, 4.69) is 11.0 Å². The van der Waals surface area contributed by atoms with Crippen LogP contribution in [0.2, 0.25) is 5.02 Å². The molecular formula is C20H24ClNO3. The topological polar surface area (TPSA) is 41.9 Å². The Balaban J connectivity index is 1.78. The summed E-state index contributed by atoms with van der Waals surface area (Å²) in [6, 6.07) is 13.8. The van der Waals surface area contributed by atoms with Crippen molar-refractivity contribution >= 4 is 11.6 Å². The van der Waals surface area contributed by atoms with Crippen LogP contribution in [0.3, 0.4) is 0 Å². The van der Waals surface area contributed by atoms with Gasteiger partial charge in [0.15, 0.2) is 11.5 Å². The number of β-amino-alcohol motifs (C(OH)–C–C–N with tert-alkyl or cyclic N) is 1. The Labute approximate surface area is 153 Å². The molecule has 0 aliphatic carbocycles. The zero-order valence-electron chi connectivity index (χ0n) is 14.6. The average Bonchev–Trinajstić information content (AvgIpc) is 3.09. The van der Waals surface area contributed by atoms with Crippen molar-refractivity contribution < 1.29 is 14.6 Å². The van der Waals surface area contributed by atoms with Crippen molar-refractivity contribution in [3.05, 3.63) is 58.6 Å². The summed E-state index contributed by atoms with van der Waals surface area (Å²) in [7, 11) is 3.29. The third kappa shape index (κ3) is 3.92. The van der Waals surface area contributed by atoms with Crippen LogP contribution in [0, 0.1) is 0 Å². The van der Waals surface area contributed by atoms with E-state index in [0.29, 0.717) is 11.6 Å². The number of hydrogen-bond donors (Lipinski definition) is 1. The molecule has 1 saturated heterocycles. The highest BCUT2D eigenvalue weighted by Gasteiger charge is 2.29. The summed E-state index contributed by atoms with van der Waals surface area (Å²) in [5, 5.41) is 11.2. The SMILES string of the molecule is COc1ccc([C@H]2CCCN2C[C@@H](O)c2ccccc2Cl)cc1OC. The van der Waals surface area contributed by atoms with Crippen molar-refractivity contribution in [2.75, 3.05) is 27.3 Å². The van der Waals surface area contributed by atoms with Crippen LogP contribution in [0.4, 0.5) is 0 Å². The highest BCUT2D eigenvalue weighted by atomic mass is 35.5. The van der Waals surface area contributed by atoms with Crippen LogP contribution in [0.5, 0.6) is 11.5 Å². The molecule has 0 radical (unpaired) electrons. The molecule has 2 aromatic rings. The first kappa shape index (κ1) is 18.1. The van der Waals surface area contributed by atoms with Gasteiger partial charge in [-0.3, -0.25) is 4.90 Å². The molecule has 1 fully saturated rings. The summed E-state index contributed by atoms with van der Waals surface area (Å²) in [6.07, 6.45) is 1.56. The van der Waals surface area contributed by atoms with Crippen molar-refractivity contribution in [1.82, 2.24) is 4.90 Å². The van der Waals surface area contributed by atoms with Gasteiger partial charge in [-0.2, -0.15) is 0 Å². The molecule has 134 valence electrons. The molecule has 5 heteroatoms. The van der Waals surface area contributed by atoms with Crippen molar-refractivity contribution in [2.24, 2.45) is 0 Å². The van der Waals surface area contributed by atoms with Gasteiger partial charge in [0.1, 0.15) is 0 Å². The van der Waals surface area contributed by atoms with Gasteiger partial charge in [-0.05, 0) is 43.1 Å². The Bertz CT molecular complexity index is 722. The molecule has 0 bridgehead atoms. The number of benzene rings is 2. The fourth-order valence-corrected chi connectivity index (χ4v) is 3.81. The Kier molecular flexibility index (Phi) is 5.84. The van der Waals surface area contributed by atoms with E-state index < -0.39 is 6.10 Å². The number of nitrogens with zero attached hydrogens (tertiary/aromatic N) is 1. The zero-order chi connectivity index (χ0) is 17.8. The molecule has 0 aromatic heterocycles. The van der Waals surface area contributed by atoms with Crippen LogP contribution in [-0.4, -0.2) is 37.3 Å². The van der Waals surface area contributed by atoms with Gasteiger partial charge in [-0.15, -0.1) is 0 Å². The smallest absolute Gasteiger partial charge is 0.161 e. The van der Waals surface area contributed by atoms with Crippen molar-refractivity contribution in [3.63, 3.8) is 0 Å². The van der Waals surface area contributed by atoms with E-state index in [0.717, 1.165) is 36.4 Å². The van der Waals surface area contributed by atoms with Crippen LogP contribution < -0.4 is 9.47 Å². The lowest BCUT2D eigenvalue weighted by molar-refractivity contribution is 0.106. The molecule has 0 unspecified atom stereocenters. The Hall–Kier alpha value is -1.75. The molecule has 2 atom stereocenters. The van der Waals surface area contributed by atoms with Gasteiger partial charge in [0, 0.05) is 23.2 Å². The van der Waals surface area contributed by atoms with E-state index >= 15 is 0 Å². The van der Waals surface area contributed by atoms with E-state index in [1.54, 1.807) is 14.2 Å². The highest BCUT2D eigenvalue weighted by molar-refractivity contribution is 6.31. The Morgan fingerprint density at radius 3 is 2.64 bits per heavy atom. The first-order valence-corrected chi connectivity index (χ1v) is 8.90. The maximum absolute atomic E-state index is 10.6. The first-order chi connectivity index (χ1) is 12.1. The number of aliphatic hydroxyl groups is 1. The summed E-state index contributed by atoms with van der Waals surface area (Å²) in [6.45, 7) is 1.52. The summed E-state index contributed by atoms with van der Waals surface area (Å²) in [5.41, 5.74) is 1.96. The molecule has 1 N–H and O–H groups in total. The highest BCUT2D eigenvalue weighted by Crippen LogP contribution is 2.38. The Morgan fingerprint density at radius 1 is 1.16 bits per heavy atom. The fourth-order valence-electron chi connectivity index (χ4n) is 3.55. The summed E-state index contributed by atoms with van der Waals surface area (Å²) >= 11 is 6.22.